The third-order valence-electron chi connectivity index (χ3n) is 4.05. The number of carbonyl (C=O) groups is 2. The summed E-state index contributed by atoms with van der Waals surface area (Å²) in [5.74, 6) is -0.693. The minimum atomic E-state index is -0.507. The average molecular weight is 306 g/mol. The molecule has 1 aliphatic rings. The van der Waals surface area contributed by atoms with Crippen molar-refractivity contribution in [2.24, 2.45) is 0 Å². The van der Waals surface area contributed by atoms with Crippen LogP contribution in [0.15, 0.2) is 24.3 Å². The third kappa shape index (κ3) is 4.29. The first kappa shape index (κ1) is 16.5. The summed E-state index contributed by atoms with van der Waals surface area (Å²) in [7, 11) is 0. The Morgan fingerprint density at radius 1 is 1.27 bits per heavy atom. The Morgan fingerprint density at radius 2 is 1.95 bits per heavy atom. The summed E-state index contributed by atoms with van der Waals surface area (Å²) >= 11 is 0. The molecular formula is C17H23FN2O2. The average Bonchev–Trinajstić information content (AvgIpc) is 2.53. The molecule has 0 aromatic heterocycles. The van der Waals surface area contributed by atoms with E-state index in [0.717, 1.165) is 25.7 Å². The Morgan fingerprint density at radius 3 is 2.59 bits per heavy atom. The van der Waals surface area contributed by atoms with Crippen LogP contribution in [0.4, 0.5) is 4.39 Å². The van der Waals surface area contributed by atoms with E-state index < -0.39 is 5.82 Å². The lowest BCUT2D eigenvalue weighted by molar-refractivity contribution is -0.132. The van der Waals surface area contributed by atoms with Gasteiger partial charge >= 0.3 is 0 Å². The number of unbranched alkanes of at least 4 members (excludes halogenated alkanes) is 1. The molecule has 1 aromatic rings. The van der Waals surface area contributed by atoms with Crippen LogP contribution < -0.4 is 5.32 Å². The molecule has 0 atom stereocenters. The van der Waals surface area contributed by atoms with Crippen molar-refractivity contribution in [1.82, 2.24) is 10.2 Å². The number of carbonyl (C=O) groups excluding carboxylic acids is 2. The molecule has 0 unspecified atom stereocenters. The largest absolute Gasteiger partial charge is 0.349 e. The fraction of sp³-hybridized carbons (Fsp3) is 0.529. The molecule has 1 fully saturated rings. The van der Waals surface area contributed by atoms with Crippen molar-refractivity contribution in [3.63, 3.8) is 0 Å². The molecule has 0 spiro atoms. The van der Waals surface area contributed by atoms with Crippen LogP contribution >= 0.6 is 0 Å². The highest BCUT2D eigenvalue weighted by atomic mass is 19.1. The molecule has 1 saturated heterocycles. The zero-order chi connectivity index (χ0) is 15.9. The summed E-state index contributed by atoms with van der Waals surface area (Å²) in [4.78, 5) is 25.9. The van der Waals surface area contributed by atoms with Crippen molar-refractivity contribution in [2.45, 2.75) is 45.1 Å². The van der Waals surface area contributed by atoms with Crippen LogP contribution in [-0.4, -0.2) is 35.8 Å². The molecule has 1 aliphatic heterocycles. The maximum absolute atomic E-state index is 13.6. The van der Waals surface area contributed by atoms with Gasteiger partial charge in [-0.05, 0) is 31.4 Å². The summed E-state index contributed by atoms with van der Waals surface area (Å²) in [6, 6.07) is 5.97. The van der Waals surface area contributed by atoms with Crippen LogP contribution in [0.25, 0.3) is 0 Å². The molecule has 1 aromatic carbocycles. The van der Waals surface area contributed by atoms with Gasteiger partial charge in [0.15, 0.2) is 0 Å². The van der Waals surface area contributed by atoms with Gasteiger partial charge in [-0.2, -0.15) is 0 Å². The smallest absolute Gasteiger partial charge is 0.254 e. The lowest BCUT2D eigenvalue weighted by atomic mass is 10.0. The summed E-state index contributed by atoms with van der Waals surface area (Å²) in [6.45, 7) is 3.38. The molecule has 2 rings (SSSR count). The van der Waals surface area contributed by atoms with Crippen molar-refractivity contribution in [3.8, 4) is 0 Å². The van der Waals surface area contributed by atoms with Gasteiger partial charge in [0.05, 0.1) is 5.56 Å². The SMILES string of the molecule is CCCCC(=O)N1CCC(NC(=O)c2ccccc2F)CC1. The van der Waals surface area contributed by atoms with Gasteiger partial charge in [0.1, 0.15) is 5.82 Å². The van der Waals surface area contributed by atoms with Crippen LogP contribution in [0.5, 0.6) is 0 Å². The maximum Gasteiger partial charge on any atom is 0.254 e. The van der Waals surface area contributed by atoms with E-state index in [4.69, 9.17) is 0 Å². The van der Waals surface area contributed by atoms with Gasteiger partial charge in [-0.25, -0.2) is 4.39 Å². The minimum absolute atomic E-state index is 0.00216. The zero-order valence-electron chi connectivity index (χ0n) is 13.0. The van der Waals surface area contributed by atoms with E-state index in [9.17, 15) is 14.0 Å². The number of halogens is 1. The predicted octanol–water partition coefficient (Wildman–Crippen LogP) is 2.74. The fourth-order valence-electron chi connectivity index (χ4n) is 2.67. The van der Waals surface area contributed by atoms with Gasteiger partial charge in [0.25, 0.3) is 5.91 Å². The van der Waals surface area contributed by atoms with Gasteiger partial charge in [0, 0.05) is 25.6 Å². The van der Waals surface area contributed by atoms with Crippen molar-refractivity contribution >= 4 is 11.8 Å². The van der Waals surface area contributed by atoms with E-state index >= 15 is 0 Å². The second-order valence-electron chi connectivity index (χ2n) is 5.71. The zero-order valence-corrected chi connectivity index (χ0v) is 13.0. The number of likely N-dealkylation sites (tertiary alicyclic amines) is 1. The molecule has 0 radical (unpaired) electrons. The van der Waals surface area contributed by atoms with Gasteiger partial charge in [-0.1, -0.05) is 25.5 Å². The highest BCUT2D eigenvalue weighted by molar-refractivity contribution is 5.94. The topological polar surface area (TPSA) is 49.4 Å². The minimum Gasteiger partial charge on any atom is -0.349 e. The van der Waals surface area contributed by atoms with E-state index in [1.807, 2.05) is 4.90 Å². The Labute approximate surface area is 130 Å². The Balaban J connectivity index is 1.81. The quantitative estimate of drug-likeness (QED) is 0.909. The molecule has 2 amide bonds. The van der Waals surface area contributed by atoms with E-state index in [-0.39, 0.29) is 23.4 Å². The van der Waals surface area contributed by atoms with Crippen LogP contribution in [-0.2, 0) is 4.79 Å². The molecule has 22 heavy (non-hydrogen) atoms. The highest BCUT2D eigenvalue weighted by Gasteiger charge is 2.24. The van der Waals surface area contributed by atoms with Crippen LogP contribution in [0.3, 0.4) is 0 Å². The Hall–Kier alpha value is -1.91. The number of piperidine rings is 1. The predicted molar refractivity (Wildman–Crippen MR) is 83.0 cm³/mol. The Kier molecular flexibility index (Phi) is 5.92. The number of benzene rings is 1. The van der Waals surface area contributed by atoms with Gasteiger partial charge in [0.2, 0.25) is 5.91 Å². The van der Waals surface area contributed by atoms with Gasteiger partial charge in [-0.15, -0.1) is 0 Å². The first-order chi connectivity index (χ1) is 10.6. The van der Waals surface area contributed by atoms with Crippen LogP contribution in [0, 0.1) is 5.82 Å². The van der Waals surface area contributed by atoms with E-state index in [1.54, 1.807) is 12.1 Å². The number of nitrogens with zero attached hydrogens (tertiary/aromatic N) is 1. The number of amides is 2. The normalized spacial score (nSPS) is 15.6. The van der Waals surface area contributed by atoms with Gasteiger partial charge < -0.3 is 10.2 Å². The fourth-order valence-corrected chi connectivity index (χ4v) is 2.67. The van der Waals surface area contributed by atoms with Crippen LogP contribution in [0.1, 0.15) is 49.4 Å². The summed E-state index contributed by atoms with van der Waals surface area (Å²) < 4.78 is 13.6. The summed E-state index contributed by atoms with van der Waals surface area (Å²) in [5, 5.41) is 2.86. The highest BCUT2D eigenvalue weighted by Crippen LogP contribution is 2.14. The number of rotatable bonds is 5. The molecule has 0 saturated carbocycles. The first-order valence-electron chi connectivity index (χ1n) is 7.95. The third-order valence-corrected chi connectivity index (χ3v) is 4.05. The summed E-state index contributed by atoms with van der Waals surface area (Å²) in [6.07, 6.45) is 3.97. The molecule has 1 heterocycles. The molecule has 0 aliphatic carbocycles. The van der Waals surface area contributed by atoms with Crippen molar-refractivity contribution in [3.05, 3.63) is 35.6 Å². The second kappa shape index (κ2) is 7.92. The van der Waals surface area contributed by atoms with Gasteiger partial charge in [-0.3, -0.25) is 9.59 Å². The second-order valence-corrected chi connectivity index (χ2v) is 5.71. The lowest BCUT2D eigenvalue weighted by Gasteiger charge is -2.32. The number of nitrogens with one attached hydrogen (secondary N) is 1. The van der Waals surface area contributed by atoms with E-state index in [1.165, 1.54) is 12.1 Å². The van der Waals surface area contributed by atoms with Crippen molar-refractivity contribution in [1.29, 1.82) is 0 Å². The van der Waals surface area contributed by atoms with Crippen molar-refractivity contribution in [2.75, 3.05) is 13.1 Å². The standard InChI is InChI=1S/C17H23FN2O2/c1-2-3-8-16(21)20-11-9-13(10-12-20)19-17(22)14-6-4-5-7-15(14)18/h4-7,13H,2-3,8-12H2,1H3,(H,19,22). The number of hydrogen-bond acceptors (Lipinski definition) is 2. The van der Waals surface area contributed by atoms with Crippen molar-refractivity contribution < 1.29 is 14.0 Å². The first-order valence-corrected chi connectivity index (χ1v) is 7.95. The maximum atomic E-state index is 13.6. The molecule has 5 heteroatoms. The molecular weight excluding hydrogens is 283 g/mol. The molecule has 120 valence electrons. The molecule has 0 bridgehead atoms. The molecule has 1 N–H and O–H groups in total. The summed E-state index contributed by atoms with van der Waals surface area (Å²) in [5.41, 5.74) is 0.0731. The van der Waals surface area contributed by atoms with E-state index in [2.05, 4.69) is 12.2 Å². The van der Waals surface area contributed by atoms with E-state index in [0.29, 0.717) is 19.5 Å². The molecule has 4 nitrogen and oxygen atoms in total. The Bertz CT molecular complexity index is 525. The monoisotopic (exact) mass is 306 g/mol. The van der Waals surface area contributed by atoms with Crippen LogP contribution in [0.2, 0.25) is 0 Å². The number of hydrogen-bond donors (Lipinski definition) is 1. The lowest BCUT2D eigenvalue weighted by Crippen LogP contribution is -2.46.